The van der Waals surface area contributed by atoms with Crippen molar-refractivity contribution < 1.29 is 9.59 Å². The van der Waals surface area contributed by atoms with E-state index in [2.05, 4.69) is 15.2 Å². The van der Waals surface area contributed by atoms with E-state index < -0.39 is 6.04 Å². The number of hydrogen-bond donors (Lipinski definition) is 1. The van der Waals surface area contributed by atoms with Gasteiger partial charge < -0.3 is 15.1 Å². The van der Waals surface area contributed by atoms with Crippen molar-refractivity contribution in [1.82, 2.24) is 9.88 Å². The minimum Gasteiger partial charge on any atom is -0.357 e. The Balaban J connectivity index is 1.41. The maximum atomic E-state index is 12.7. The molecule has 0 aliphatic carbocycles. The van der Waals surface area contributed by atoms with Crippen LogP contribution in [0.5, 0.6) is 0 Å². The highest BCUT2D eigenvalue weighted by Gasteiger charge is 2.34. The Kier molecular flexibility index (Phi) is 4.88. The number of anilines is 2. The fourth-order valence-electron chi connectivity index (χ4n) is 3.64. The maximum Gasteiger partial charge on any atom is 0.264 e. The predicted octanol–water partition coefficient (Wildman–Crippen LogP) is 2.99. The SMILES string of the molecule is O=C(Nc1ccc(N2CCCC2)nc1)[C@@H]1CCCN1C(=O)c1cccs1. The van der Waals surface area contributed by atoms with Crippen molar-refractivity contribution in [1.29, 1.82) is 0 Å². The van der Waals surface area contributed by atoms with E-state index in [0.29, 0.717) is 23.5 Å². The van der Waals surface area contributed by atoms with E-state index in [9.17, 15) is 9.59 Å². The van der Waals surface area contributed by atoms with Gasteiger partial charge >= 0.3 is 0 Å². The second kappa shape index (κ2) is 7.45. The molecular formula is C19H22N4O2S. The third kappa shape index (κ3) is 3.44. The fraction of sp³-hybridized carbons (Fsp3) is 0.421. The average Bonchev–Trinajstić information content (AvgIpc) is 3.44. The number of likely N-dealkylation sites (tertiary alicyclic amines) is 1. The number of pyridine rings is 1. The number of aromatic nitrogens is 1. The molecule has 136 valence electrons. The third-order valence-electron chi connectivity index (χ3n) is 4.99. The Labute approximate surface area is 156 Å². The van der Waals surface area contributed by atoms with Gasteiger partial charge in [0.2, 0.25) is 5.91 Å². The van der Waals surface area contributed by atoms with Crippen LogP contribution < -0.4 is 10.2 Å². The monoisotopic (exact) mass is 370 g/mol. The number of amides is 2. The molecule has 0 unspecified atom stereocenters. The predicted molar refractivity (Wildman–Crippen MR) is 103 cm³/mol. The van der Waals surface area contributed by atoms with Gasteiger partial charge in [-0.1, -0.05) is 6.07 Å². The first-order valence-electron chi connectivity index (χ1n) is 9.09. The first-order valence-corrected chi connectivity index (χ1v) is 9.97. The van der Waals surface area contributed by atoms with Gasteiger partial charge in [-0.3, -0.25) is 9.59 Å². The smallest absolute Gasteiger partial charge is 0.264 e. The second-order valence-electron chi connectivity index (χ2n) is 6.72. The zero-order chi connectivity index (χ0) is 17.9. The van der Waals surface area contributed by atoms with Crippen LogP contribution in [0.3, 0.4) is 0 Å². The van der Waals surface area contributed by atoms with Crippen LogP contribution in [0.25, 0.3) is 0 Å². The topological polar surface area (TPSA) is 65.5 Å². The molecule has 4 rings (SSSR count). The fourth-order valence-corrected chi connectivity index (χ4v) is 4.32. The Hall–Kier alpha value is -2.41. The lowest BCUT2D eigenvalue weighted by Gasteiger charge is -2.23. The van der Waals surface area contributed by atoms with E-state index in [1.807, 2.05) is 23.6 Å². The molecule has 2 aliphatic rings. The lowest BCUT2D eigenvalue weighted by atomic mass is 10.2. The van der Waals surface area contributed by atoms with Gasteiger partial charge in [0.25, 0.3) is 5.91 Å². The summed E-state index contributed by atoms with van der Waals surface area (Å²) in [6, 6.07) is 7.09. The lowest BCUT2D eigenvalue weighted by molar-refractivity contribution is -0.119. The van der Waals surface area contributed by atoms with E-state index in [4.69, 9.17) is 0 Å². The Morgan fingerprint density at radius 2 is 1.96 bits per heavy atom. The Bertz CT molecular complexity index is 769. The van der Waals surface area contributed by atoms with Crippen LogP contribution in [0, 0.1) is 0 Å². The molecule has 4 heterocycles. The van der Waals surface area contributed by atoms with Crippen molar-refractivity contribution in [2.75, 3.05) is 29.9 Å². The second-order valence-corrected chi connectivity index (χ2v) is 7.67. The molecule has 0 aromatic carbocycles. The van der Waals surface area contributed by atoms with Gasteiger partial charge in [0.05, 0.1) is 16.8 Å². The first kappa shape index (κ1) is 17.0. The van der Waals surface area contributed by atoms with Crippen LogP contribution in [0.1, 0.15) is 35.4 Å². The quantitative estimate of drug-likeness (QED) is 0.899. The molecule has 2 aromatic heterocycles. The number of carbonyl (C=O) groups is 2. The summed E-state index contributed by atoms with van der Waals surface area (Å²) in [5, 5.41) is 4.80. The summed E-state index contributed by atoms with van der Waals surface area (Å²) in [5.41, 5.74) is 0.674. The number of hydrogen-bond acceptors (Lipinski definition) is 5. The molecule has 26 heavy (non-hydrogen) atoms. The van der Waals surface area contributed by atoms with Crippen molar-refractivity contribution in [3.8, 4) is 0 Å². The van der Waals surface area contributed by atoms with Crippen LogP contribution in [-0.4, -0.2) is 47.4 Å². The third-order valence-corrected chi connectivity index (χ3v) is 5.85. The van der Waals surface area contributed by atoms with Gasteiger partial charge in [-0.05, 0) is 49.3 Å². The summed E-state index contributed by atoms with van der Waals surface area (Å²) in [6.45, 7) is 2.71. The van der Waals surface area contributed by atoms with E-state index >= 15 is 0 Å². The van der Waals surface area contributed by atoms with Gasteiger partial charge in [-0.2, -0.15) is 0 Å². The van der Waals surface area contributed by atoms with Crippen molar-refractivity contribution >= 4 is 34.7 Å². The van der Waals surface area contributed by atoms with E-state index in [-0.39, 0.29) is 11.8 Å². The summed E-state index contributed by atoms with van der Waals surface area (Å²) < 4.78 is 0. The molecule has 0 radical (unpaired) electrons. The molecule has 6 nitrogen and oxygen atoms in total. The summed E-state index contributed by atoms with van der Waals surface area (Å²) in [6.07, 6.45) is 5.65. The van der Waals surface area contributed by atoms with Crippen LogP contribution in [0.4, 0.5) is 11.5 Å². The zero-order valence-electron chi connectivity index (χ0n) is 14.6. The number of thiophene rings is 1. The lowest BCUT2D eigenvalue weighted by Crippen LogP contribution is -2.43. The Morgan fingerprint density at radius 3 is 2.65 bits per heavy atom. The number of nitrogens with one attached hydrogen (secondary N) is 1. The summed E-state index contributed by atoms with van der Waals surface area (Å²) >= 11 is 1.41. The normalized spacial score (nSPS) is 19.8. The highest BCUT2D eigenvalue weighted by Crippen LogP contribution is 2.24. The minimum absolute atomic E-state index is 0.0554. The average molecular weight is 370 g/mol. The van der Waals surface area contributed by atoms with Crippen LogP contribution in [0.2, 0.25) is 0 Å². The highest BCUT2D eigenvalue weighted by atomic mass is 32.1. The van der Waals surface area contributed by atoms with Gasteiger partial charge in [-0.25, -0.2) is 4.98 Å². The molecule has 2 amide bonds. The van der Waals surface area contributed by atoms with Crippen molar-refractivity contribution in [2.45, 2.75) is 31.7 Å². The largest absolute Gasteiger partial charge is 0.357 e. The summed E-state index contributed by atoms with van der Waals surface area (Å²) in [5.74, 6) is 0.763. The van der Waals surface area contributed by atoms with Crippen molar-refractivity contribution in [2.24, 2.45) is 0 Å². The van der Waals surface area contributed by atoms with Crippen molar-refractivity contribution in [3.05, 3.63) is 40.7 Å². The molecule has 2 aliphatic heterocycles. The van der Waals surface area contributed by atoms with Crippen LogP contribution in [0.15, 0.2) is 35.8 Å². The molecule has 1 N–H and O–H groups in total. The number of rotatable bonds is 4. The minimum atomic E-state index is -0.414. The first-order chi connectivity index (χ1) is 12.7. The Morgan fingerprint density at radius 1 is 1.12 bits per heavy atom. The van der Waals surface area contributed by atoms with Gasteiger partial charge in [0.1, 0.15) is 11.9 Å². The molecular weight excluding hydrogens is 348 g/mol. The molecule has 2 saturated heterocycles. The molecule has 2 fully saturated rings. The van der Waals surface area contributed by atoms with E-state index in [0.717, 1.165) is 25.3 Å². The van der Waals surface area contributed by atoms with Crippen LogP contribution in [-0.2, 0) is 4.79 Å². The van der Waals surface area contributed by atoms with Crippen LogP contribution >= 0.6 is 11.3 Å². The molecule has 2 aromatic rings. The molecule has 7 heteroatoms. The van der Waals surface area contributed by atoms with E-state index in [1.165, 1.54) is 24.2 Å². The summed E-state index contributed by atoms with van der Waals surface area (Å²) in [4.78, 5) is 34.4. The number of nitrogens with zero attached hydrogens (tertiary/aromatic N) is 3. The number of carbonyl (C=O) groups excluding carboxylic acids is 2. The summed E-state index contributed by atoms with van der Waals surface area (Å²) in [7, 11) is 0. The standard InChI is InChI=1S/C19H22N4O2S/c24-18(15-5-3-11-23(15)19(25)16-6-4-12-26-16)21-14-7-8-17(20-13-14)22-9-1-2-10-22/h4,6-8,12-13,15H,1-3,5,9-11H2,(H,21,24)/t15-/m0/s1. The maximum absolute atomic E-state index is 12.7. The highest BCUT2D eigenvalue weighted by molar-refractivity contribution is 7.12. The molecule has 0 spiro atoms. The van der Waals surface area contributed by atoms with Gasteiger partial charge in [-0.15, -0.1) is 11.3 Å². The molecule has 0 bridgehead atoms. The zero-order valence-corrected chi connectivity index (χ0v) is 15.4. The van der Waals surface area contributed by atoms with E-state index in [1.54, 1.807) is 17.2 Å². The molecule has 1 atom stereocenters. The molecule has 0 saturated carbocycles. The van der Waals surface area contributed by atoms with Gasteiger partial charge in [0, 0.05) is 19.6 Å². The van der Waals surface area contributed by atoms with Crippen molar-refractivity contribution in [3.63, 3.8) is 0 Å². The van der Waals surface area contributed by atoms with Gasteiger partial charge in [0.15, 0.2) is 0 Å².